The number of aliphatic hydroxyl groups excluding tert-OH is 1. The molecule has 0 bridgehead atoms. The normalized spacial score (nSPS) is 23.8. The first-order valence-electron chi connectivity index (χ1n) is 7.41. The smallest absolute Gasteiger partial charge is 0.300 e. The molecule has 21 heavy (non-hydrogen) atoms. The van der Waals surface area contributed by atoms with Gasteiger partial charge in [-0.1, -0.05) is 20.8 Å². The lowest BCUT2D eigenvalue weighted by atomic mass is 10.0. The number of aliphatic hydroxyl groups is 1. The van der Waals surface area contributed by atoms with Crippen LogP contribution in [0, 0.1) is 0 Å². The summed E-state index contributed by atoms with van der Waals surface area (Å²) >= 11 is 0. The van der Waals surface area contributed by atoms with Crippen LogP contribution in [0.15, 0.2) is 11.0 Å². The summed E-state index contributed by atoms with van der Waals surface area (Å²) < 4.78 is 12.8. The summed E-state index contributed by atoms with van der Waals surface area (Å²) in [5.41, 5.74) is 0.389. The van der Waals surface area contributed by atoms with Gasteiger partial charge in [0.1, 0.15) is 6.10 Å². The zero-order valence-electron chi connectivity index (χ0n) is 13.2. The van der Waals surface area contributed by atoms with Crippen LogP contribution < -0.4 is 10.3 Å². The highest BCUT2D eigenvalue weighted by molar-refractivity contribution is 5.18. The molecule has 0 amide bonds. The zero-order valence-corrected chi connectivity index (χ0v) is 13.2. The van der Waals surface area contributed by atoms with Crippen molar-refractivity contribution in [2.75, 3.05) is 7.11 Å². The van der Waals surface area contributed by atoms with Crippen molar-refractivity contribution >= 4 is 0 Å². The monoisotopic (exact) mass is 296 g/mol. The van der Waals surface area contributed by atoms with Crippen LogP contribution in [0.4, 0.5) is 0 Å². The SMILES string of the molecule is CCC(OC)C(O)C1Oc2nc(=O)c(C(C)C)cn2C1C. The molecule has 0 saturated heterocycles. The summed E-state index contributed by atoms with van der Waals surface area (Å²) in [5.74, 6) is 0.0985. The van der Waals surface area contributed by atoms with E-state index in [2.05, 4.69) is 4.98 Å². The molecule has 6 heteroatoms. The first-order chi connectivity index (χ1) is 9.90. The second-order valence-electron chi connectivity index (χ2n) is 5.84. The fourth-order valence-electron chi connectivity index (χ4n) is 2.74. The van der Waals surface area contributed by atoms with Gasteiger partial charge in [-0.2, -0.15) is 4.98 Å². The van der Waals surface area contributed by atoms with E-state index in [0.29, 0.717) is 12.0 Å². The summed E-state index contributed by atoms with van der Waals surface area (Å²) in [7, 11) is 1.57. The topological polar surface area (TPSA) is 73.6 Å². The minimum Gasteiger partial charge on any atom is -0.456 e. The first-order valence-corrected chi connectivity index (χ1v) is 7.41. The number of nitrogens with zero attached hydrogens (tertiary/aromatic N) is 2. The average Bonchev–Trinajstić information content (AvgIpc) is 2.75. The van der Waals surface area contributed by atoms with E-state index in [1.165, 1.54) is 0 Å². The van der Waals surface area contributed by atoms with Crippen molar-refractivity contribution in [1.82, 2.24) is 9.55 Å². The summed E-state index contributed by atoms with van der Waals surface area (Å²) in [5, 5.41) is 10.4. The van der Waals surface area contributed by atoms with Gasteiger partial charge in [0.05, 0.1) is 12.1 Å². The molecule has 0 radical (unpaired) electrons. The Morgan fingerprint density at radius 1 is 1.52 bits per heavy atom. The van der Waals surface area contributed by atoms with E-state index in [9.17, 15) is 9.90 Å². The predicted molar refractivity (Wildman–Crippen MR) is 78.8 cm³/mol. The van der Waals surface area contributed by atoms with Gasteiger partial charge < -0.3 is 14.6 Å². The third-order valence-electron chi connectivity index (χ3n) is 4.14. The molecule has 0 fully saturated rings. The van der Waals surface area contributed by atoms with Crippen molar-refractivity contribution in [3.8, 4) is 6.01 Å². The molecule has 0 aromatic carbocycles. The second kappa shape index (κ2) is 6.15. The summed E-state index contributed by atoms with van der Waals surface area (Å²) in [6.45, 7) is 7.80. The second-order valence-corrected chi connectivity index (χ2v) is 5.84. The molecule has 1 aliphatic rings. The first kappa shape index (κ1) is 16.0. The summed E-state index contributed by atoms with van der Waals surface area (Å²) in [6, 6.07) is 0.164. The van der Waals surface area contributed by atoms with Gasteiger partial charge >= 0.3 is 6.01 Å². The molecule has 2 heterocycles. The fraction of sp³-hybridized carbons (Fsp3) is 0.733. The molecule has 6 nitrogen and oxygen atoms in total. The molecule has 4 unspecified atom stereocenters. The Bertz CT molecular complexity index is 551. The minimum atomic E-state index is -0.769. The van der Waals surface area contributed by atoms with Crippen molar-refractivity contribution in [1.29, 1.82) is 0 Å². The number of fused-ring (bicyclic) bond motifs is 1. The molecule has 0 saturated carbocycles. The third kappa shape index (κ3) is 2.82. The van der Waals surface area contributed by atoms with Crippen molar-refractivity contribution in [2.45, 2.75) is 64.4 Å². The Hall–Kier alpha value is -1.40. The number of hydrogen-bond acceptors (Lipinski definition) is 5. The Morgan fingerprint density at radius 3 is 2.71 bits per heavy atom. The van der Waals surface area contributed by atoms with Gasteiger partial charge in [-0.25, -0.2) is 0 Å². The quantitative estimate of drug-likeness (QED) is 0.891. The Balaban J connectivity index is 2.32. The van der Waals surface area contributed by atoms with Crippen LogP contribution in [0.1, 0.15) is 51.6 Å². The molecule has 0 aliphatic carbocycles. The molecule has 0 spiro atoms. The fourth-order valence-corrected chi connectivity index (χ4v) is 2.74. The van der Waals surface area contributed by atoms with E-state index in [4.69, 9.17) is 9.47 Å². The van der Waals surface area contributed by atoms with Crippen molar-refractivity contribution < 1.29 is 14.6 Å². The standard InChI is InChI=1S/C15H24N2O4/c1-6-11(20-5)12(18)13-9(4)17-7-10(8(2)3)14(19)16-15(17)21-13/h7-9,11-13,18H,6H2,1-5H3. The maximum atomic E-state index is 12.0. The van der Waals surface area contributed by atoms with E-state index >= 15 is 0 Å². The predicted octanol–water partition coefficient (Wildman–Crippen LogP) is 1.47. The van der Waals surface area contributed by atoms with Crippen molar-refractivity contribution in [3.05, 3.63) is 22.1 Å². The molecule has 1 N–H and O–H groups in total. The number of methoxy groups -OCH3 is 1. The summed E-state index contributed by atoms with van der Waals surface area (Å²) in [6.07, 6.45) is 0.936. The van der Waals surface area contributed by atoms with Crippen LogP contribution in [-0.4, -0.2) is 40.1 Å². The maximum absolute atomic E-state index is 12.0. The van der Waals surface area contributed by atoms with Crippen LogP contribution in [-0.2, 0) is 4.74 Å². The zero-order chi connectivity index (χ0) is 15.7. The molecule has 4 atom stereocenters. The van der Waals surface area contributed by atoms with Crippen LogP contribution in [0.25, 0.3) is 0 Å². The van der Waals surface area contributed by atoms with Gasteiger partial charge in [0.2, 0.25) is 0 Å². The molecule has 2 rings (SSSR count). The van der Waals surface area contributed by atoms with Gasteiger partial charge in [0.25, 0.3) is 5.56 Å². The summed E-state index contributed by atoms with van der Waals surface area (Å²) in [4.78, 5) is 16.0. The Kier molecular flexibility index (Phi) is 4.68. The number of hydrogen-bond donors (Lipinski definition) is 1. The third-order valence-corrected chi connectivity index (χ3v) is 4.14. The molecular formula is C15H24N2O4. The van der Waals surface area contributed by atoms with E-state index in [-0.39, 0.29) is 29.6 Å². The van der Waals surface area contributed by atoms with Crippen LogP contribution >= 0.6 is 0 Å². The lowest BCUT2D eigenvalue weighted by Crippen LogP contribution is -2.42. The van der Waals surface area contributed by atoms with E-state index < -0.39 is 12.2 Å². The van der Waals surface area contributed by atoms with Gasteiger partial charge in [0, 0.05) is 18.9 Å². The van der Waals surface area contributed by atoms with E-state index in [1.807, 2.05) is 32.3 Å². The Morgan fingerprint density at radius 2 is 2.19 bits per heavy atom. The molecule has 1 aromatic heterocycles. The number of aromatic nitrogens is 2. The molecule has 118 valence electrons. The van der Waals surface area contributed by atoms with Gasteiger partial charge in [-0.3, -0.25) is 9.36 Å². The molecular weight excluding hydrogens is 272 g/mol. The lowest BCUT2D eigenvalue weighted by molar-refractivity contribution is -0.0691. The van der Waals surface area contributed by atoms with Gasteiger partial charge in [-0.05, 0) is 19.3 Å². The lowest BCUT2D eigenvalue weighted by Gasteiger charge is -2.26. The molecule has 1 aliphatic heterocycles. The van der Waals surface area contributed by atoms with E-state index in [1.54, 1.807) is 13.3 Å². The minimum absolute atomic E-state index is 0.0985. The van der Waals surface area contributed by atoms with Crippen LogP contribution in [0.3, 0.4) is 0 Å². The highest BCUT2D eigenvalue weighted by Crippen LogP contribution is 2.32. The largest absolute Gasteiger partial charge is 0.456 e. The van der Waals surface area contributed by atoms with Crippen molar-refractivity contribution in [3.63, 3.8) is 0 Å². The van der Waals surface area contributed by atoms with Gasteiger partial charge in [-0.15, -0.1) is 0 Å². The number of ether oxygens (including phenoxy) is 2. The molecule has 1 aromatic rings. The highest BCUT2D eigenvalue weighted by atomic mass is 16.5. The van der Waals surface area contributed by atoms with E-state index in [0.717, 1.165) is 0 Å². The Labute approximate surface area is 124 Å². The highest BCUT2D eigenvalue weighted by Gasteiger charge is 2.40. The number of rotatable bonds is 5. The van der Waals surface area contributed by atoms with Crippen LogP contribution in [0.2, 0.25) is 0 Å². The average molecular weight is 296 g/mol. The van der Waals surface area contributed by atoms with Crippen LogP contribution in [0.5, 0.6) is 6.01 Å². The van der Waals surface area contributed by atoms with Crippen molar-refractivity contribution in [2.24, 2.45) is 0 Å². The maximum Gasteiger partial charge on any atom is 0.300 e. The van der Waals surface area contributed by atoms with Gasteiger partial charge in [0.15, 0.2) is 6.10 Å².